The molecule has 0 unspecified atom stereocenters. The van der Waals surface area contributed by atoms with E-state index >= 15 is 0 Å². The molecular weight excluding hydrogens is 306 g/mol. The second kappa shape index (κ2) is 7.11. The molecule has 0 spiro atoms. The van der Waals surface area contributed by atoms with Crippen LogP contribution in [0.1, 0.15) is 39.5 Å². The van der Waals surface area contributed by atoms with E-state index in [1.54, 1.807) is 6.92 Å². The highest BCUT2D eigenvalue weighted by Crippen LogP contribution is 2.32. The monoisotopic (exact) mass is 331 g/mol. The predicted octanol–water partition coefficient (Wildman–Crippen LogP) is 2.61. The fraction of sp³-hybridized carbons (Fsp3) is 0.556. The third kappa shape index (κ3) is 3.63. The third-order valence-electron chi connectivity index (χ3n) is 4.58. The van der Waals surface area contributed by atoms with Gasteiger partial charge < -0.3 is 20.3 Å². The fourth-order valence-electron chi connectivity index (χ4n) is 3.18. The second-order valence-corrected chi connectivity index (χ2v) is 6.57. The van der Waals surface area contributed by atoms with Crippen molar-refractivity contribution in [2.75, 3.05) is 23.7 Å². The highest BCUT2D eigenvalue weighted by atomic mass is 16.5. The minimum Gasteiger partial charge on any atom is -0.479 e. The van der Waals surface area contributed by atoms with Crippen LogP contribution in [0, 0.1) is 0 Å². The van der Waals surface area contributed by atoms with Crippen molar-refractivity contribution in [3.63, 3.8) is 0 Å². The Morgan fingerprint density at radius 2 is 2.00 bits per heavy atom. The minimum atomic E-state index is -0.486. The number of benzene rings is 1. The zero-order valence-corrected chi connectivity index (χ0v) is 14.3. The van der Waals surface area contributed by atoms with Crippen molar-refractivity contribution in [3.8, 4) is 5.75 Å². The van der Waals surface area contributed by atoms with Crippen molar-refractivity contribution >= 4 is 23.2 Å². The smallest absolute Gasteiger partial charge is 0.265 e. The van der Waals surface area contributed by atoms with E-state index in [9.17, 15) is 9.59 Å². The first-order valence-corrected chi connectivity index (χ1v) is 8.71. The van der Waals surface area contributed by atoms with Gasteiger partial charge in [-0.3, -0.25) is 9.59 Å². The van der Waals surface area contributed by atoms with Crippen LogP contribution in [0.5, 0.6) is 5.75 Å². The molecule has 2 N–H and O–H groups in total. The number of anilines is 2. The van der Waals surface area contributed by atoms with E-state index < -0.39 is 6.10 Å². The number of carbonyl (C=O) groups excluding carboxylic acids is 2. The molecule has 3 rings (SSSR count). The topological polar surface area (TPSA) is 70.7 Å². The van der Waals surface area contributed by atoms with Gasteiger partial charge in [-0.15, -0.1) is 0 Å². The normalized spacial score (nSPS) is 21.8. The second-order valence-electron chi connectivity index (χ2n) is 6.57. The van der Waals surface area contributed by atoms with Gasteiger partial charge in [0.2, 0.25) is 5.91 Å². The lowest BCUT2D eigenvalue weighted by molar-refractivity contribution is -0.131. The highest BCUT2D eigenvalue weighted by Gasteiger charge is 2.25. The Morgan fingerprint density at radius 1 is 1.29 bits per heavy atom. The van der Waals surface area contributed by atoms with Crippen molar-refractivity contribution < 1.29 is 14.3 Å². The number of rotatable bonds is 3. The predicted molar refractivity (Wildman–Crippen MR) is 93.3 cm³/mol. The van der Waals surface area contributed by atoms with Crippen LogP contribution in [0.2, 0.25) is 0 Å². The van der Waals surface area contributed by atoms with Crippen LogP contribution >= 0.6 is 0 Å². The molecular formula is C18H25N3O3. The molecule has 0 aromatic heterocycles. The number of hydrogen-bond donors (Lipinski definition) is 2. The Balaban J connectivity index is 1.66. The summed E-state index contributed by atoms with van der Waals surface area (Å²) in [6.07, 6.45) is 4.08. The van der Waals surface area contributed by atoms with Gasteiger partial charge in [0.15, 0.2) is 6.10 Å². The van der Waals surface area contributed by atoms with Gasteiger partial charge in [-0.2, -0.15) is 0 Å². The molecule has 0 radical (unpaired) electrons. The van der Waals surface area contributed by atoms with E-state index in [2.05, 4.69) is 10.6 Å². The Bertz CT molecular complexity index is 624. The lowest BCUT2D eigenvalue weighted by Gasteiger charge is -2.26. The summed E-state index contributed by atoms with van der Waals surface area (Å²) in [5, 5.41) is 6.06. The van der Waals surface area contributed by atoms with Gasteiger partial charge in [-0.25, -0.2) is 0 Å². The molecule has 6 nitrogen and oxygen atoms in total. The maximum atomic E-state index is 12.6. The third-order valence-corrected chi connectivity index (χ3v) is 4.58. The van der Waals surface area contributed by atoms with Gasteiger partial charge in [0.1, 0.15) is 11.8 Å². The molecule has 130 valence electrons. The summed E-state index contributed by atoms with van der Waals surface area (Å²) in [7, 11) is 0. The van der Waals surface area contributed by atoms with Crippen molar-refractivity contribution in [2.45, 2.75) is 51.7 Å². The van der Waals surface area contributed by atoms with E-state index in [0.717, 1.165) is 31.6 Å². The summed E-state index contributed by atoms with van der Waals surface area (Å²) in [6.45, 7) is 5.28. The molecule has 1 saturated heterocycles. The first-order chi connectivity index (χ1) is 11.5. The lowest BCUT2D eigenvalue weighted by Crippen LogP contribution is -2.41. The van der Waals surface area contributed by atoms with E-state index in [1.165, 1.54) is 12.8 Å². The molecule has 2 aliphatic rings. The quantitative estimate of drug-likeness (QED) is 0.893. The first-order valence-electron chi connectivity index (χ1n) is 8.71. The maximum Gasteiger partial charge on any atom is 0.265 e. The Kier molecular flexibility index (Phi) is 4.92. The number of nitrogens with zero attached hydrogens (tertiary/aromatic N) is 1. The molecule has 1 fully saturated rings. The van der Waals surface area contributed by atoms with Gasteiger partial charge in [0, 0.05) is 18.8 Å². The minimum absolute atomic E-state index is 0.128. The van der Waals surface area contributed by atoms with Crippen LogP contribution in [0.3, 0.4) is 0 Å². The molecule has 6 heteroatoms. The standard InChI is InChI=1S/C18H25N3O3/c1-12(18(23)21-9-5-3-4-6-10-21)19-14-7-8-16-15(11-14)20-17(22)13(2)24-16/h7-8,11-13,19H,3-6,9-10H2,1-2H3,(H,20,22)/t12-,13+/m1/s1. The SMILES string of the molecule is C[C@@H]1Oc2ccc(N[C@H](C)C(=O)N3CCCCCC3)cc2NC1=O. The molecule has 2 aliphatic heterocycles. The maximum absolute atomic E-state index is 12.6. The average molecular weight is 331 g/mol. The Labute approximate surface area is 142 Å². The highest BCUT2D eigenvalue weighted by molar-refractivity contribution is 5.98. The molecule has 0 saturated carbocycles. The number of amides is 2. The number of nitrogens with one attached hydrogen (secondary N) is 2. The summed E-state index contributed by atoms with van der Waals surface area (Å²) >= 11 is 0. The molecule has 24 heavy (non-hydrogen) atoms. The van der Waals surface area contributed by atoms with Crippen LogP contribution < -0.4 is 15.4 Å². The fourth-order valence-corrected chi connectivity index (χ4v) is 3.18. The average Bonchev–Trinajstić information content (AvgIpc) is 2.84. The van der Waals surface area contributed by atoms with Crippen LogP contribution in [0.4, 0.5) is 11.4 Å². The van der Waals surface area contributed by atoms with Crippen LogP contribution in [0.25, 0.3) is 0 Å². The zero-order chi connectivity index (χ0) is 17.1. The number of ether oxygens (including phenoxy) is 1. The molecule has 2 amide bonds. The van der Waals surface area contributed by atoms with Gasteiger partial charge in [-0.05, 0) is 44.9 Å². The summed E-state index contributed by atoms with van der Waals surface area (Å²) in [5.74, 6) is 0.621. The summed E-state index contributed by atoms with van der Waals surface area (Å²) in [5.41, 5.74) is 1.43. The van der Waals surface area contributed by atoms with E-state index in [4.69, 9.17) is 4.74 Å². The van der Waals surface area contributed by atoms with E-state index in [0.29, 0.717) is 11.4 Å². The first kappa shape index (κ1) is 16.6. The summed E-state index contributed by atoms with van der Waals surface area (Å²) in [6, 6.07) is 5.19. The van der Waals surface area contributed by atoms with E-state index in [1.807, 2.05) is 30.0 Å². The summed E-state index contributed by atoms with van der Waals surface area (Å²) < 4.78 is 5.55. The van der Waals surface area contributed by atoms with Gasteiger partial charge in [0.05, 0.1) is 5.69 Å². The van der Waals surface area contributed by atoms with Crippen molar-refractivity contribution in [2.24, 2.45) is 0 Å². The lowest BCUT2D eigenvalue weighted by atomic mass is 10.2. The van der Waals surface area contributed by atoms with Crippen LogP contribution in [0.15, 0.2) is 18.2 Å². The van der Waals surface area contributed by atoms with Crippen molar-refractivity contribution in [1.29, 1.82) is 0 Å². The number of carbonyl (C=O) groups is 2. The van der Waals surface area contributed by atoms with E-state index in [-0.39, 0.29) is 17.9 Å². The largest absolute Gasteiger partial charge is 0.479 e. The van der Waals surface area contributed by atoms with Crippen LogP contribution in [-0.4, -0.2) is 41.9 Å². The van der Waals surface area contributed by atoms with Gasteiger partial charge in [0.25, 0.3) is 5.91 Å². The van der Waals surface area contributed by atoms with Gasteiger partial charge >= 0.3 is 0 Å². The molecule has 2 atom stereocenters. The molecule has 0 aliphatic carbocycles. The number of hydrogen-bond acceptors (Lipinski definition) is 4. The molecule has 2 heterocycles. The molecule has 1 aromatic rings. The number of likely N-dealkylation sites (tertiary alicyclic amines) is 1. The summed E-state index contributed by atoms with van der Waals surface area (Å²) in [4.78, 5) is 26.3. The van der Waals surface area contributed by atoms with Crippen molar-refractivity contribution in [1.82, 2.24) is 4.90 Å². The zero-order valence-electron chi connectivity index (χ0n) is 14.3. The molecule has 0 bridgehead atoms. The Hall–Kier alpha value is -2.24. The molecule has 1 aromatic carbocycles. The van der Waals surface area contributed by atoms with Gasteiger partial charge in [-0.1, -0.05) is 12.8 Å². The van der Waals surface area contributed by atoms with Crippen LogP contribution in [-0.2, 0) is 9.59 Å². The number of fused-ring (bicyclic) bond motifs is 1. The Morgan fingerprint density at radius 3 is 2.71 bits per heavy atom. The van der Waals surface area contributed by atoms with Crippen molar-refractivity contribution in [3.05, 3.63) is 18.2 Å².